The van der Waals surface area contributed by atoms with Crippen LogP contribution in [0.5, 0.6) is 0 Å². The first-order valence-corrected chi connectivity index (χ1v) is 7.44. The number of hydrogen-bond acceptors (Lipinski definition) is 4. The Balaban J connectivity index is 1.84. The van der Waals surface area contributed by atoms with Crippen LogP contribution >= 0.6 is 0 Å². The molecule has 6 nitrogen and oxygen atoms in total. The standard InChI is InChI=1S/C17H18N4O2/c1-11(2)21-10-14(7-19-21)12-3-5-13(6-4-12)15-8-18-9-16(20-15)17(22)23/h3-8,10-11,18H,9H2,1-2H3,(H,22,23). The Hall–Kier alpha value is -2.89. The van der Waals surface area contributed by atoms with Gasteiger partial charge in [0.15, 0.2) is 0 Å². The zero-order valence-corrected chi connectivity index (χ0v) is 13.0. The summed E-state index contributed by atoms with van der Waals surface area (Å²) < 4.78 is 1.92. The van der Waals surface area contributed by atoms with Crippen LogP contribution in [-0.2, 0) is 4.79 Å². The fourth-order valence-corrected chi connectivity index (χ4v) is 2.34. The molecule has 0 radical (unpaired) electrons. The highest BCUT2D eigenvalue weighted by Gasteiger charge is 2.14. The summed E-state index contributed by atoms with van der Waals surface area (Å²) in [5, 5.41) is 16.3. The molecule has 2 heterocycles. The van der Waals surface area contributed by atoms with Crippen molar-refractivity contribution in [2.75, 3.05) is 6.54 Å². The van der Waals surface area contributed by atoms with Gasteiger partial charge in [-0.15, -0.1) is 0 Å². The van der Waals surface area contributed by atoms with Crippen LogP contribution in [0.3, 0.4) is 0 Å². The number of aliphatic carboxylic acids is 1. The van der Waals surface area contributed by atoms with E-state index < -0.39 is 5.97 Å². The number of rotatable bonds is 4. The van der Waals surface area contributed by atoms with Gasteiger partial charge in [0, 0.05) is 29.6 Å². The molecule has 0 amide bonds. The Kier molecular flexibility index (Phi) is 3.97. The monoisotopic (exact) mass is 310 g/mol. The molecular weight excluding hydrogens is 292 g/mol. The maximum atomic E-state index is 11.0. The highest BCUT2D eigenvalue weighted by Crippen LogP contribution is 2.24. The van der Waals surface area contributed by atoms with Gasteiger partial charge in [0.05, 0.1) is 18.4 Å². The maximum Gasteiger partial charge on any atom is 0.352 e. The lowest BCUT2D eigenvalue weighted by molar-refractivity contribution is -0.129. The molecule has 6 heteroatoms. The van der Waals surface area contributed by atoms with Gasteiger partial charge in [0.1, 0.15) is 5.71 Å². The first kappa shape index (κ1) is 15.0. The predicted molar refractivity (Wildman–Crippen MR) is 89.1 cm³/mol. The SMILES string of the molecule is CC(C)n1cc(-c2ccc(C3=CNCC(C(=O)O)=N3)cc2)cn1. The van der Waals surface area contributed by atoms with Crippen molar-refractivity contribution in [3.8, 4) is 11.1 Å². The van der Waals surface area contributed by atoms with Crippen LogP contribution in [0.2, 0.25) is 0 Å². The van der Waals surface area contributed by atoms with Crippen LogP contribution in [0, 0.1) is 0 Å². The second-order valence-corrected chi connectivity index (χ2v) is 5.65. The summed E-state index contributed by atoms with van der Waals surface area (Å²) in [5.41, 5.74) is 3.72. The molecule has 1 aromatic carbocycles. The Morgan fingerprint density at radius 2 is 1.91 bits per heavy atom. The van der Waals surface area contributed by atoms with Crippen molar-refractivity contribution in [3.63, 3.8) is 0 Å². The van der Waals surface area contributed by atoms with E-state index in [2.05, 4.69) is 29.3 Å². The van der Waals surface area contributed by atoms with Crippen molar-refractivity contribution in [3.05, 3.63) is 48.4 Å². The summed E-state index contributed by atoms with van der Waals surface area (Å²) in [4.78, 5) is 15.2. The number of hydrogen-bond donors (Lipinski definition) is 2. The molecule has 2 aromatic rings. The molecular formula is C17H18N4O2. The largest absolute Gasteiger partial charge is 0.477 e. The number of carboxylic acid groups (broad SMARTS) is 1. The van der Waals surface area contributed by atoms with Crippen molar-refractivity contribution in [2.45, 2.75) is 19.9 Å². The highest BCUT2D eigenvalue weighted by molar-refractivity contribution is 6.37. The first-order chi connectivity index (χ1) is 11.0. The molecule has 1 aliphatic rings. The van der Waals surface area contributed by atoms with E-state index in [-0.39, 0.29) is 12.3 Å². The van der Waals surface area contributed by atoms with E-state index >= 15 is 0 Å². The van der Waals surface area contributed by atoms with Gasteiger partial charge >= 0.3 is 5.97 Å². The smallest absolute Gasteiger partial charge is 0.352 e. The van der Waals surface area contributed by atoms with E-state index in [1.54, 1.807) is 6.20 Å². The van der Waals surface area contributed by atoms with Gasteiger partial charge in [-0.1, -0.05) is 24.3 Å². The number of benzene rings is 1. The van der Waals surface area contributed by atoms with Crippen molar-refractivity contribution in [1.29, 1.82) is 0 Å². The molecule has 1 aromatic heterocycles. The summed E-state index contributed by atoms with van der Waals surface area (Å²) in [6.45, 7) is 4.41. The third-order valence-electron chi connectivity index (χ3n) is 3.66. The number of nitrogens with zero attached hydrogens (tertiary/aromatic N) is 3. The highest BCUT2D eigenvalue weighted by atomic mass is 16.4. The van der Waals surface area contributed by atoms with Crippen LogP contribution in [0.15, 0.2) is 47.9 Å². The van der Waals surface area contributed by atoms with Gasteiger partial charge in [0.25, 0.3) is 0 Å². The van der Waals surface area contributed by atoms with Crippen LogP contribution in [0.25, 0.3) is 16.8 Å². The molecule has 2 N–H and O–H groups in total. The molecule has 0 spiro atoms. The minimum atomic E-state index is -0.999. The fourth-order valence-electron chi connectivity index (χ4n) is 2.34. The third kappa shape index (κ3) is 3.15. The van der Waals surface area contributed by atoms with Crippen molar-refractivity contribution >= 4 is 17.4 Å². The molecule has 0 fully saturated rings. The zero-order valence-electron chi connectivity index (χ0n) is 13.0. The molecule has 1 aliphatic heterocycles. The van der Waals surface area contributed by atoms with Gasteiger partial charge in [-0.25, -0.2) is 9.79 Å². The summed E-state index contributed by atoms with van der Waals surface area (Å²) in [5.74, 6) is -0.999. The van der Waals surface area contributed by atoms with Gasteiger partial charge in [-0.2, -0.15) is 5.10 Å². The zero-order chi connectivity index (χ0) is 16.4. The van der Waals surface area contributed by atoms with Crippen LogP contribution in [-0.4, -0.2) is 33.1 Å². The quantitative estimate of drug-likeness (QED) is 0.909. The molecule has 0 bridgehead atoms. The van der Waals surface area contributed by atoms with Crippen LogP contribution in [0.4, 0.5) is 0 Å². The molecule has 0 saturated heterocycles. The third-order valence-corrected chi connectivity index (χ3v) is 3.66. The van der Waals surface area contributed by atoms with Crippen LogP contribution < -0.4 is 5.32 Å². The lowest BCUT2D eigenvalue weighted by Gasteiger charge is -2.12. The van der Waals surface area contributed by atoms with E-state index in [0.29, 0.717) is 11.7 Å². The molecule has 0 atom stereocenters. The van der Waals surface area contributed by atoms with Crippen molar-refractivity contribution in [1.82, 2.24) is 15.1 Å². The molecule has 3 rings (SSSR count). The Morgan fingerprint density at radius 3 is 2.52 bits per heavy atom. The Morgan fingerprint density at radius 1 is 1.22 bits per heavy atom. The Bertz CT molecular complexity index is 785. The summed E-state index contributed by atoms with van der Waals surface area (Å²) in [6.07, 6.45) is 5.59. The molecule has 0 unspecified atom stereocenters. The van der Waals surface area contributed by atoms with E-state index in [1.807, 2.05) is 41.3 Å². The lowest BCUT2D eigenvalue weighted by Crippen LogP contribution is -2.28. The first-order valence-electron chi connectivity index (χ1n) is 7.44. The average molecular weight is 310 g/mol. The average Bonchev–Trinajstić information content (AvgIpc) is 3.05. The van der Waals surface area contributed by atoms with Gasteiger partial charge < -0.3 is 10.4 Å². The minimum Gasteiger partial charge on any atom is -0.477 e. The van der Waals surface area contributed by atoms with E-state index in [4.69, 9.17) is 5.11 Å². The van der Waals surface area contributed by atoms with Crippen molar-refractivity contribution < 1.29 is 9.90 Å². The summed E-state index contributed by atoms with van der Waals surface area (Å²) in [7, 11) is 0. The lowest BCUT2D eigenvalue weighted by atomic mass is 10.1. The molecule has 23 heavy (non-hydrogen) atoms. The molecule has 0 saturated carbocycles. The fraction of sp³-hybridized carbons (Fsp3) is 0.235. The van der Waals surface area contributed by atoms with E-state index in [9.17, 15) is 4.79 Å². The Labute approximate surface area is 134 Å². The number of nitrogens with one attached hydrogen (secondary N) is 1. The van der Waals surface area contributed by atoms with E-state index in [0.717, 1.165) is 16.7 Å². The molecule has 118 valence electrons. The minimum absolute atomic E-state index is 0.116. The van der Waals surface area contributed by atoms with E-state index in [1.165, 1.54) is 0 Å². The second kappa shape index (κ2) is 6.08. The predicted octanol–water partition coefficient (Wildman–Crippen LogP) is 2.56. The summed E-state index contributed by atoms with van der Waals surface area (Å²) in [6, 6.07) is 8.17. The summed E-state index contributed by atoms with van der Waals surface area (Å²) >= 11 is 0. The van der Waals surface area contributed by atoms with Crippen LogP contribution in [0.1, 0.15) is 25.5 Å². The number of carboxylic acids is 1. The number of aliphatic imine (C=N–C) groups is 1. The number of carbonyl (C=O) groups is 1. The number of aromatic nitrogens is 2. The normalized spacial score (nSPS) is 14.2. The second-order valence-electron chi connectivity index (χ2n) is 5.65. The molecule has 0 aliphatic carbocycles. The topological polar surface area (TPSA) is 79.5 Å². The van der Waals surface area contributed by atoms with Gasteiger partial charge in [-0.05, 0) is 19.4 Å². The van der Waals surface area contributed by atoms with Gasteiger partial charge in [0.2, 0.25) is 0 Å². The van der Waals surface area contributed by atoms with Gasteiger partial charge in [-0.3, -0.25) is 4.68 Å². The van der Waals surface area contributed by atoms with Crippen molar-refractivity contribution in [2.24, 2.45) is 4.99 Å². The maximum absolute atomic E-state index is 11.0.